The number of para-hydroxylation sites is 1. The van der Waals surface area contributed by atoms with Crippen LogP contribution >= 0.6 is 15.9 Å². The Labute approximate surface area is 131 Å². The third-order valence-corrected chi connectivity index (χ3v) is 4.12. The first-order valence-electron chi connectivity index (χ1n) is 6.72. The number of ether oxygens (including phenoxy) is 1. The number of hydrogen-bond donors (Lipinski definition) is 0. The van der Waals surface area contributed by atoms with Crippen LogP contribution in [0.15, 0.2) is 53.0 Å². The van der Waals surface area contributed by atoms with Crippen LogP contribution in [0.5, 0.6) is 5.75 Å². The highest BCUT2D eigenvalue weighted by molar-refractivity contribution is 9.10. The molecule has 0 saturated carbocycles. The molecule has 2 aromatic carbocycles. The fourth-order valence-corrected chi connectivity index (χ4v) is 2.81. The van der Waals surface area contributed by atoms with Gasteiger partial charge in [0, 0.05) is 22.4 Å². The number of Topliss-reactive ketones (excluding diaryl/α,β-unsaturated/α-hetero) is 1. The largest absolute Gasteiger partial charge is 0.426 e. The molecular weight excluding hydrogens is 332 g/mol. The normalized spacial score (nSPS) is 17.0. The molecule has 2 aromatic rings. The smallest absolute Gasteiger partial charge is 0.311 e. The third-order valence-electron chi connectivity index (χ3n) is 3.59. The molecule has 21 heavy (non-hydrogen) atoms. The number of ketones is 1. The van der Waals surface area contributed by atoms with Gasteiger partial charge in [0.1, 0.15) is 5.75 Å². The van der Waals surface area contributed by atoms with Gasteiger partial charge in [-0.3, -0.25) is 9.59 Å². The van der Waals surface area contributed by atoms with Gasteiger partial charge in [-0.15, -0.1) is 0 Å². The van der Waals surface area contributed by atoms with Crippen LogP contribution in [0.3, 0.4) is 0 Å². The molecular formula is C17H13BrO3. The molecule has 0 bridgehead atoms. The van der Waals surface area contributed by atoms with Crippen molar-refractivity contribution in [1.82, 2.24) is 0 Å². The van der Waals surface area contributed by atoms with Crippen LogP contribution in [0, 0.1) is 0 Å². The Balaban J connectivity index is 1.83. The summed E-state index contributed by atoms with van der Waals surface area (Å²) in [5, 5.41) is 0. The maximum absolute atomic E-state index is 12.4. The summed E-state index contributed by atoms with van der Waals surface area (Å²) in [7, 11) is 0. The van der Waals surface area contributed by atoms with Crippen molar-refractivity contribution in [2.24, 2.45) is 0 Å². The zero-order chi connectivity index (χ0) is 14.8. The average molecular weight is 345 g/mol. The number of halogens is 1. The van der Waals surface area contributed by atoms with Crippen molar-refractivity contribution in [1.29, 1.82) is 0 Å². The SMILES string of the molecule is O=C1CC(CC(=O)c2ccc(Br)cc2)c2ccccc2O1. The van der Waals surface area contributed by atoms with E-state index in [1.165, 1.54) is 0 Å². The van der Waals surface area contributed by atoms with Crippen LogP contribution in [0.1, 0.15) is 34.7 Å². The Bertz CT molecular complexity index is 691. The summed E-state index contributed by atoms with van der Waals surface area (Å²) in [4.78, 5) is 24.0. The molecule has 0 radical (unpaired) electrons. The lowest BCUT2D eigenvalue weighted by Crippen LogP contribution is -2.22. The molecule has 1 atom stereocenters. The highest BCUT2D eigenvalue weighted by Crippen LogP contribution is 2.36. The lowest BCUT2D eigenvalue weighted by atomic mass is 9.87. The highest BCUT2D eigenvalue weighted by Gasteiger charge is 2.28. The molecule has 1 heterocycles. The van der Waals surface area contributed by atoms with Gasteiger partial charge >= 0.3 is 5.97 Å². The molecule has 0 fully saturated rings. The van der Waals surface area contributed by atoms with Gasteiger partial charge in [-0.2, -0.15) is 0 Å². The first-order valence-corrected chi connectivity index (χ1v) is 7.51. The van der Waals surface area contributed by atoms with Gasteiger partial charge in [-0.1, -0.05) is 46.3 Å². The van der Waals surface area contributed by atoms with E-state index in [4.69, 9.17) is 4.74 Å². The summed E-state index contributed by atoms with van der Waals surface area (Å²) in [6.45, 7) is 0. The van der Waals surface area contributed by atoms with E-state index in [2.05, 4.69) is 15.9 Å². The van der Waals surface area contributed by atoms with Crippen molar-refractivity contribution in [3.05, 3.63) is 64.1 Å². The topological polar surface area (TPSA) is 43.4 Å². The lowest BCUT2D eigenvalue weighted by Gasteiger charge is -2.23. The summed E-state index contributed by atoms with van der Waals surface area (Å²) >= 11 is 3.35. The second-order valence-electron chi connectivity index (χ2n) is 5.05. The summed E-state index contributed by atoms with van der Waals surface area (Å²) < 4.78 is 6.14. The Morgan fingerprint density at radius 2 is 1.86 bits per heavy atom. The van der Waals surface area contributed by atoms with Crippen molar-refractivity contribution >= 4 is 27.7 Å². The van der Waals surface area contributed by atoms with E-state index in [0.29, 0.717) is 17.7 Å². The molecule has 0 aromatic heterocycles. The molecule has 0 saturated heterocycles. The van der Waals surface area contributed by atoms with Crippen molar-refractivity contribution in [2.45, 2.75) is 18.8 Å². The number of fused-ring (bicyclic) bond motifs is 1. The Hall–Kier alpha value is -1.94. The Morgan fingerprint density at radius 1 is 1.14 bits per heavy atom. The number of rotatable bonds is 3. The van der Waals surface area contributed by atoms with Crippen molar-refractivity contribution < 1.29 is 14.3 Å². The van der Waals surface area contributed by atoms with Crippen molar-refractivity contribution in [3.63, 3.8) is 0 Å². The van der Waals surface area contributed by atoms with Gasteiger partial charge < -0.3 is 4.74 Å². The Kier molecular flexibility index (Phi) is 3.88. The number of benzene rings is 2. The van der Waals surface area contributed by atoms with E-state index in [9.17, 15) is 9.59 Å². The van der Waals surface area contributed by atoms with E-state index >= 15 is 0 Å². The van der Waals surface area contributed by atoms with Gasteiger partial charge in [-0.25, -0.2) is 0 Å². The van der Waals surface area contributed by atoms with Crippen molar-refractivity contribution in [2.75, 3.05) is 0 Å². The molecule has 3 rings (SSSR count). The summed E-state index contributed by atoms with van der Waals surface area (Å²) in [5.41, 5.74) is 1.59. The van der Waals surface area contributed by atoms with E-state index in [1.54, 1.807) is 18.2 Å². The third kappa shape index (κ3) is 3.05. The van der Waals surface area contributed by atoms with Crippen LogP contribution < -0.4 is 4.74 Å². The van der Waals surface area contributed by atoms with Crippen LogP contribution in [0.25, 0.3) is 0 Å². The molecule has 0 amide bonds. The molecule has 1 aliphatic heterocycles. The average Bonchev–Trinajstić information content (AvgIpc) is 2.47. The highest BCUT2D eigenvalue weighted by atomic mass is 79.9. The molecule has 0 aliphatic carbocycles. The van der Waals surface area contributed by atoms with Gasteiger partial charge in [0.15, 0.2) is 5.78 Å². The van der Waals surface area contributed by atoms with Crippen LogP contribution in [-0.4, -0.2) is 11.8 Å². The molecule has 0 N–H and O–H groups in total. The zero-order valence-corrected chi connectivity index (χ0v) is 12.8. The van der Waals surface area contributed by atoms with Crippen LogP contribution in [0.2, 0.25) is 0 Å². The quantitative estimate of drug-likeness (QED) is 0.478. The van der Waals surface area contributed by atoms with Gasteiger partial charge in [-0.05, 0) is 23.8 Å². The van der Waals surface area contributed by atoms with Crippen LogP contribution in [0.4, 0.5) is 0 Å². The molecule has 1 aliphatic rings. The minimum absolute atomic E-state index is 0.0389. The Morgan fingerprint density at radius 3 is 2.62 bits per heavy atom. The van der Waals surface area contributed by atoms with E-state index in [0.717, 1.165) is 10.0 Å². The fraction of sp³-hybridized carbons (Fsp3) is 0.176. The molecule has 4 heteroatoms. The maximum Gasteiger partial charge on any atom is 0.311 e. The standard InChI is InChI=1S/C17H13BrO3/c18-13-7-5-11(6-8-13)15(19)9-12-10-17(20)21-16-4-2-1-3-14(12)16/h1-8,12H,9-10H2. The van der Waals surface area contributed by atoms with E-state index in [1.807, 2.05) is 30.3 Å². The predicted molar refractivity (Wildman–Crippen MR) is 82.5 cm³/mol. The number of carbonyl (C=O) groups is 2. The molecule has 106 valence electrons. The van der Waals surface area contributed by atoms with Crippen LogP contribution in [-0.2, 0) is 4.79 Å². The van der Waals surface area contributed by atoms with Gasteiger partial charge in [0.2, 0.25) is 0 Å². The second-order valence-corrected chi connectivity index (χ2v) is 5.96. The number of hydrogen-bond acceptors (Lipinski definition) is 3. The van der Waals surface area contributed by atoms with Gasteiger partial charge in [0.25, 0.3) is 0 Å². The number of esters is 1. The second kappa shape index (κ2) is 5.82. The molecule has 1 unspecified atom stereocenters. The number of carbonyl (C=O) groups excluding carboxylic acids is 2. The predicted octanol–water partition coefficient (Wildman–Crippen LogP) is 4.11. The first kappa shape index (κ1) is 14.0. The fourth-order valence-electron chi connectivity index (χ4n) is 2.55. The maximum atomic E-state index is 12.4. The van der Waals surface area contributed by atoms with E-state index < -0.39 is 0 Å². The summed E-state index contributed by atoms with van der Waals surface area (Å²) in [5.74, 6) is 0.222. The first-order chi connectivity index (χ1) is 10.1. The lowest BCUT2D eigenvalue weighted by molar-refractivity contribution is -0.135. The minimum Gasteiger partial charge on any atom is -0.426 e. The van der Waals surface area contributed by atoms with Crippen molar-refractivity contribution in [3.8, 4) is 5.75 Å². The summed E-state index contributed by atoms with van der Waals surface area (Å²) in [6.07, 6.45) is 0.563. The van der Waals surface area contributed by atoms with Gasteiger partial charge in [0.05, 0.1) is 6.42 Å². The minimum atomic E-state index is -0.276. The zero-order valence-electron chi connectivity index (χ0n) is 11.2. The molecule has 0 spiro atoms. The summed E-state index contributed by atoms with van der Waals surface area (Å²) in [6, 6.07) is 14.7. The molecule has 3 nitrogen and oxygen atoms in total. The van der Waals surface area contributed by atoms with E-state index in [-0.39, 0.29) is 24.1 Å². The monoisotopic (exact) mass is 344 g/mol.